The number of hydrogen-bond acceptors (Lipinski definition) is 6. The van der Waals surface area contributed by atoms with Gasteiger partial charge in [0, 0.05) is 38.4 Å². The summed E-state index contributed by atoms with van der Waals surface area (Å²) in [5.41, 5.74) is 2.77. The number of anilines is 1. The van der Waals surface area contributed by atoms with Crippen molar-refractivity contribution in [1.29, 1.82) is 0 Å². The van der Waals surface area contributed by atoms with Crippen LogP contribution in [-0.4, -0.2) is 79.8 Å². The molecule has 1 aliphatic heterocycles. The number of aliphatic hydroxyl groups is 1. The van der Waals surface area contributed by atoms with E-state index in [1.54, 1.807) is 4.90 Å². The number of nitrogens with zero attached hydrogens (tertiary/aromatic N) is 2. The molecule has 0 saturated carbocycles. The zero-order valence-electron chi connectivity index (χ0n) is 23.9. The minimum Gasteiger partial charge on any atom is -0.493 e. The Hall–Kier alpha value is -2.61. The highest BCUT2D eigenvalue weighted by atomic mass is 16.5. The van der Waals surface area contributed by atoms with E-state index >= 15 is 0 Å². The van der Waals surface area contributed by atoms with Gasteiger partial charge in [0.05, 0.1) is 21.8 Å². The number of piperazine rings is 1. The number of nitrogens with one attached hydrogen (secondary N) is 1. The van der Waals surface area contributed by atoms with Gasteiger partial charge in [-0.05, 0) is 37.1 Å². The van der Waals surface area contributed by atoms with Crippen molar-refractivity contribution in [3.05, 3.63) is 53.6 Å². The molecule has 7 heteroatoms. The molecule has 7 nitrogen and oxygen atoms in total. The molecule has 1 amide bonds. The van der Waals surface area contributed by atoms with Crippen molar-refractivity contribution < 1.29 is 27.6 Å². The number of ether oxygens (including phenoxy) is 2. The van der Waals surface area contributed by atoms with E-state index in [0.717, 1.165) is 16.8 Å². The monoisotopic (exact) mass is 433 g/mol. The van der Waals surface area contributed by atoms with Gasteiger partial charge >= 0.3 is 0 Å². The summed E-state index contributed by atoms with van der Waals surface area (Å²) in [5, 5.41) is 13.7. The van der Waals surface area contributed by atoms with E-state index in [1.807, 2.05) is 36.9 Å². The largest absolute Gasteiger partial charge is 0.493 e. The van der Waals surface area contributed by atoms with E-state index in [1.165, 1.54) is 24.3 Å². The number of β-amino-alcohol motifs (C(OH)–C–C–N with tert-alkyl or cyclic N) is 1. The molecule has 31 heavy (non-hydrogen) atoms. The van der Waals surface area contributed by atoms with Crippen LogP contribution in [0.4, 0.5) is 5.69 Å². The van der Waals surface area contributed by atoms with E-state index < -0.39 is 19.7 Å². The number of hydrogen-bond donors (Lipinski definition) is 2. The summed E-state index contributed by atoms with van der Waals surface area (Å²) in [6, 6.07) is 11.4. The number of carbonyl (C=O) groups excluding carboxylic acids is 1. The van der Waals surface area contributed by atoms with Crippen molar-refractivity contribution in [3.63, 3.8) is 0 Å². The highest BCUT2D eigenvalue weighted by molar-refractivity contribution is 5.93. The quantitative estimate of drug-likeness (QED) is 0.632. The Morgan fingerprint density at radius 2 is 1.77 bits per heavy atom. The lowest BCUT2D eigenvalue weighted by molar-refractivity contribution is -0.117. The molecule has 3 rings (SSSR count). The highest BCUT2D eigenvalue weighted by Gasteiger charge is 2.21. The fraction of sp³-hybridized carbons (Fsp3) is 0.458. The van der Waals surface area contributed by atoms with Crippen LogP contribution in [-0.2, 0) is 4.79 Å². The summed E-state index contributed by atoms with van der Waals surface area (Å²) in [5.74, 6) is -0.602. The van der Waals surface area contributed by atoms with Crippen LogP contribution < -0.4 is 14.8 Å². The minimum atomic E-state index is -2.89. The summed E-state index contributed by atoms with van der Waals surface area (Å²) in [4.78, 5) is 16.2. The first-order valence-corrected chi connectivity index (χ1v) is 10.2. The smallest absolute Gasteiger partial charge is 0.238 e. The Kier molecular flexibility index (Phi) is 5.78. The van der Waals surface area contributed by atoms with Gasteiger partial charge in [0.15, 0.2) is 11.5 Å². The summed E-state index contributed by atoms with van der Waals surface area (Å²) >= 11 is 0. The molecule has 1 atom stereocenters. The highest BCUT2D eigenvalue weighted by Crippen LogP contribution is 2.25. The Morgan fingerprint density at radius 3 is 2.45 bits per heavy atom. The first-order chi connectivity index (χ1) is 17.2. The number of rotatable bonds is 9. The van der Waals surface area contributed by atoms with Crippen molar-refractivity contribution in [2.75, 3.05) is 58.2 Å². The van der Waals surface area contributed by atoms with Gasteiger partial charge in [0.25, 0.3) is 0 Å². The molecule has 1 saturated heterocycles. The second-order valence-corrected chi connectivity index (χ2v) is 7.57. The number of carbonyl (C=O) groups is 1. The number of benzene rings is 2. The van der Waals surface area contributed by atoms with Gasteiger partial charge in [0.2, 0.25) is 5.91 Å². The maximum absolute atomic E-state index is 12.6. The first-order valence-electron chi connectivity index (χ1n) is 13.2. The molecule has 2 aromatic carbocycles. The van der Waals surface area contributed by atoms with Crippen LogP contribution in [0.15, 0.2) is 42.5 Å². The average molecular weight is 434 g/mol. The lowest BCUT2D eigenvalue weighted by atomic mass is 10.1. The third-order valence-electron chi connectivity index (χ3n) is 5.19. The fourth-order valence-corrected chi connectivity index (χ4v) is 3.48. The second-order valence-electron chi connectivity index (χ2n) is 7.57. The number of methoxy groups -OCH3 is 1. The van der Waals surface area contributed by atoms with Gasteiger partial charge in [-0.25, -0.2) is 0 Å². The SMILES string of the molecule is [2H]C([2H])([2H])Oc1ccccc1OC([2H])([2H])C([2H])(O)CN1CCN(CC(=O)Nc2c(C)cccc2C)CC1. The summed E-state index contributed by atoms with van der Waals surface area (Å²) in [6.07, 6.45) is -2.68. The summed E-state index contributed by atoms with van der Waals surface area (Å²) in [7, 11) is -2.78. The van der Waals surface area contributed by atoms with E-state index in [-0.39, 0.29) is 30.5 Å². The van der Waals surface area contributed by atoms with Gasteiger partial charge in [-0.2, -0.15) is 0 Å². The molecule has 0 aromatic heterocycles. The lowest BCUT2D eigenvalue weighted by Crippen LogP contribution is -2.50. The Balaban J connectivity index is 1.54. The van der Waals surface area contributed by atoms with Crippen LogP contribution in [0.3, 0.4) is 0 Å². The van der Waals surface area contributed by atoms with Crippen LogP contribution in [0, 0.1) is 13.8 Å². The predicted octanol–water partition coefficient (Wildman–Crippen LogP) is 2.31. The summed E-state index contributed by atoms with van der Waals surface area (Å²) < 4.78 is 56.6. The topological polar surface area (TPSA) is 74.3 Å². The molecule has 1 unspecified atom stereocenters. The Morgan fingerprint density at radius 1 is 1.13 bits per heavy atom. The number of amides is 1. The van der Waals surface area contributed by atoms with Gasteiger partial charge in [0.1, 0.15) is 12.6 Å². The van der Waals surface area contributed by atoms with Crippen LogP contribution in [0.5, 0.6) is 11.5 Å². The van der Waals surface area contributed by atoms with Crippen molar-refractivity contribution in [3.8, 4) is 11.5 Å². The van der Waals surface area contributed by atoms with Crippen LogP contribution in [0.25, 0.3) is 0 Å². The molecular weight excluding hydrogens is 394 g/mol. The van der Waals surface area contributed by atoms with Crippen molar-refractivity contribution in [2.45, 2.75) is 19.9 Å². The zero-order chi connectivity index (χ0) is 27.4. The number of para-hydroxylation sites is 3. The average Bonchev–Trinajstić information content (AvgIpc) is 2.78. The first kappa shape index (κ1) is 16.1. The molecule has 0 radical (unpaired) electrons. The van der Waals surface area contributed by atoms with Crippen molar-refractivity contribution in [1.82, 2.24) is 9.80 Å². The van der Waals surface area contributed by atoms with E-state index in [2.05, 4.69) is 5.32 Å². The molecule has 2 N–H and O–H groups in total. The lowest BCUT2D eigenvalue weighted by Gasteiger charge is -2.35. The molecule has 0 bridgehead atoms. The molecular formula is C24H33N3O4. The van der Waals surface area contributed by atoms with Gasteiger partial charge in [-0.15, -0.1) is 0 Å². The van der Waals surface area contributed by atoms with E-state index in [4.69, 9.17) is 17.7 Å². The molecule has 0 spiro atoms. The Labute approximate surface area is 193 Å². The van der Waals surface area contributed by atoms with Gasteiger partial charge in [-0.1, -0.05) is 30.3 Å². The normalized spacial score (nSPS) is 20.7. The molecule has 2 aromatic rings. The standard InChI is InChI=1S/C24H33N3O4/c1-18-7-6-8-19(2)24(18)25-23(29)16-27-13-11-26(12-14-27)15-20(28)17-31-22-10-5-4-9-21(22)30-3/h4-10,20,28H,11-17H2,1-3H3,(H,25,29)/i3D3,17D2,20D. The van der Waals surface area contributed by atoms with Crippen LogP contribution in [0.1, 0.15) is 19.4 Å². The third kappa shape index (κ3) is 6.69. The molecule has 1 heterocycles. The van der Waals surface area contributed by atoms with Gasteiger partial charge in [-0.3, -0.25) is 14.6 Å². The maximum Gasteiger partial charge on any atom is 0.238 e. The predicted molar refractivity (Wildman–Crippen MR) is 122 cm³/mol. The van der Waals surface area contributed by atoms with E-state index in [0.29, 0.717) is 26.2 Å². The fourth-order valence-electron chi connectivity index (χ4n) is 3.48. The van der Waals surface area contributed by atoms with Gasteiger partial charge < -0.3 is 19.9 Å². The second kappa shape index (κ2) is 11.1. The Bertz CT molecular complexity index is 1070. The maximum atomic E-state index is 12.6. The minimum absolute atomic E-state index is 0.134. The third-order valence-corrected chi connectivity index (χ3v) is 5.19. The van der Waals surface area contributed by atoms with Crippen molar-refractivity contribution in [2.24, 2.45) is 0 Å². The molecule has 0 aliphatic carbocycles. The van der Waals surface area contributed by atoms with Crippen LogP contribution >= 0.6 is 0 Å². The molecule has 1 aliphatic rings. The molecule has 1 fully saturated rings. The zero-order valence-corrected chi connectivity index (χ0v) is 17.9. The van der Waals surface area contributed by atoms with Crippen LogP contribution in [0.2, 0.25) is 0 Å². The van der Waals surface area contributed by atoms with Crippen molar-refractivity contribution >= 4 is 11.6 Å². The summed E-state index contributed by atoms with van der Waals surface area (Å²) in [6.45, 7) is 2.63. The molecule has 168 valence electrons. The van der Waals surface area contributed by atoms with E-state index in [9.17, 15) is 9.90 Å². The number of aryl methyl sites for hydroxylation is 2.